The molecule has 0 radical (unpaired) electrons. The van der Waals surface area contributed by atoms with Crippen LogP contribution in [0.1, 0.15) is 27.2 Å². The summed E-state index contributed by atoms with van der Waals surface area (Å²) in [7, 11) is 0. The van der Waals surface area contributed by atoms with E-state index in [9.17, 15) is 0 Å². The number of hydrogen-bond acceptors (Lipinski definition) is 0. The number of allylic oxidation sites excluding steroid dienone is 4. The summed E-state index contributed by atoms with van der Waals surface area (Å²) >= 11 is 0. The van der Waals surface area contributed by atoms with Crippen molar-refractivity contribution in [3.63, 3.8) is 0 Å². The Morgan fingerprint density at radius 3 is 1.77 bits per heavy atom. The Kier molecular flexibility index (Phi) is 17.5. The fourth-order valence-electron chi connectivity index (χ4n) is 0.919. The molecule has 0 spiro atoms. The third-order valence-electron chi connectivity index (χ3n) is 1.56. The van der Waals surface area contributed by atoms with E-state index in [0.29, 0.717) is 5.41 Å². The van der Waals surface area contributed by atoms with Gasteiger partial charge in [-0.05, 0) is 0 Å². The molecule has 0 saturated heterocycles. The van der Waals surface area contributed by atoms with E-state index < -0.39 is 0 Å². The van der Waals surface area contributed by atoms with Gasteiger partial charge in [-0.3, -0.25) is 6.08 Å². The minimum atomic E-state index is 0. The fourth-order valence-corrected chi connectivity index (χ4v) is 0.919. The van der Waals surface area contributed by atoms with Gasteiger partial charge in [-0.1, -0.05) is 26.2 Å². The number of hydrogen-bond donors (Lipinski definition) is 0. The minimum absolute atomic E-state index is 0. The van der Waals surface area contributed by atoms with Gasteiger partial charge in [-0.15, -0.1) is 43.6 Å². The normalized spacial score (nSPS) is 12.7. The molecule has 4 heteroatoms. The van der Waals surface area contributed by atoms with Gasteiger partial charge >= 0.3 is 0 Å². The molecule has 0 nitrogen and oxygen atoms in total. The minimum Gasteiger partial charge on any atom is -0.273 e. The van der Waals surface area contributed by atoms with Gasteiger partial charge in [0.1, 0.15) is 0 Å². The van der Waals surface area contributed by atoms with Crippen LogP contribution in [0.3, 0.4) is 0 Å². The Balaban J connectivity index is -0.000000101. The van der Waals surface area contributed by atoms with Gasteiger partial charge in [0.05, 0.1) is 0 Å². The second-order valence-corrected chi connectivity index (χ2v) is 3.46. The van der Waals surface area contributed by atoms with Crippen LogP contribution in [0.25, 0.3) is 0 Å². The summed E-state index contributed by atoms with van der Waals surface area (Å²) in [6.45, 7) is 6.67. The van der Waals surface area contributed by atoms with Gasteiger partial charge in [0.15, 0.2) is 0 Å². The summed E-state index contributed by atoms with van der Waals surface area (Å²) in [6.07, 6.45) is 8.50. The summed E-state index contributed by atoms with van der Waals surface area (Å²) < 4.78 is 0. The predicted molar refractivity (Wildman–Crippen MR) is 61.7 cm³/mol. The van der Waals surface area contributed by atoms with Gasteiger partial charge in [-0.2, -0.15) is 11.6 Å². The first kappa shape index (κ1) is 23.7. The van der Waals surface area contributed by atoms with E-state index in [2.05, 4.69) is 39.0 Å². The topological polar surface area (TPSA) is 0 Å². The largest absolute Gasteiger partial charge is 0.273 e. The van der Waals surface area contributed by atoms with Crippen molar-refractivity contribution in [3.8, 4) is 0 Å². The van der Waals surface area contributed by atoms with Crippen LogP contribution in [-0.4, -0.2) is 0 Å². The van der Waals surface area contributed by atoms with Crippen molar-refractivity contribution in [2.75, 3.05) is 0 Å². The van der Waals surface area contributed by atoms with Crippen molar-refractivity contribution in [3.05, 3.63) is 23.8 Å². The van der Waals surface area contributed by atoms with Gasteiger partial charge in [0.25, 0.3) is 0 Å². The van der Waals surface area contributed by atoms with Crippen LogP contribution in [0.4, 0.5) is 0 Å². The Morgan fingerprint density at radius 2 is 1.62 bits per heavy atom. The molecule has 1 rings (SSSR count). The second-order valence-electron chi connectivity index (χ2n) is 3.46. The Bertz CT molecular complexity index is 168. The van der Waals surface area contributed by atoms with Crippen molar-refractivity contribution in [1.82, 2.24) is 0 Å². The molecule has 0 fully saturated rings. The maximum absolute atomic E-state index is 3.16. The first-order valence-electron chi connectivity index (χ1n) is 3.38. The first-order valence-corrected chi connectivity index (χ1v) is 3.38. The molecule has 0 saturated carbocycles. The van der Waals surface area contributed by atoms with Crippen molar-refractivity contribution < 1.29 is 21.7 Å². The van der Waals surface area contributed by atoms with E-state index >= 15 is 0 Å². The van der Waals surface area contributed by atoms with Crippen LogP contribution in [-0.2, 0) is 21.7 Å². The summed E-state index contributed by atoms with van der Waals surface area (Å²) in [4.78, 5) is 0. The average Bonchev–Trinajstić information content (AvgIpc) is 2.08. The molecule has 0 aliphatic heterocycles. The maximum atomic E-state index is 3.16. The van der Waals surface area contributed by atoms with Crippen LogP contribution in [0, 0.1) is 11.5 Å². The third kappa shape index (κ3) is 8.09. The van der Waals surface area contributed by atoms with E-state index in [1.54, 1.807) is 0 Å². The monoisotopic (exact) mass is 277 g/mol. The van der Waals surface area contributed by atoms with Gasteiger partial charge < -0.3 is 0 Å². The van der Waals surface area contributed by atoms with Crippen LogP contribution < -0.4 is 0 Å². The number of halogens is 3. The van der Waals surface area contributed by atoms with Crippen molar-refractivity contribution in [2.24, 2.45) is 5.41 Å². The molecule has 0 aromatic carbocycles. The zero-order chi connectivity index (χ0) is 6.91. The van der Waals surface area contributed by atoms with Gasteiger partial charge in [-0.25, -0.2) is 6.08 Å². The molecule has 0 atom stereocenters. The quantitative estimate of drug-likeness (QED) is 0.464. The summed E-state index contributed by atoms with van der Waals surface area (Å²) in [5.41, 5.74) is 1.74. The molecule has 0 aromatic heterocycles. The molecular formula is C9H16Cl3Ti-. The Morgan fingerprint density at radius 1 is 1.15 bits per heavy atom. The summed E-state index contributed by atoms with van der Waals surface area (Å²) in [5.74, 6) is 0. The third-order valence-corrected chi connectivity index (χ3v) is 1.56. The van der Waals surface area contributed by atoms with Crippen LogP contribution >= 0.6 is 37.2 Å². The molecule has 0 amide bonds. The van der Waals surface area contributed by atoms with E-state index in [1.807, 2.05) is 0 Å². The van der Waals surface area contributed by atoms with Crippen molar-refractivity contribution in [2.45, 2.75) is 27.2 Å². The molecule has 13 heavy (non-hydrogen) atoms. The molecular weight excluding hydrogens is 262 g/mol. The predicted octanol–water partition coefficient (Wildman–Crippen LogP) is 3.98. The molecule has 0 bridgehead atoms. The molecule has 0 heterocycles. The molecule has 78 valence electrons. The van der Waals surface area contributed by atoms with Crippen molar-refractivity contribution >= 4 is 37.2 Å². The van der Waals surface area contributed by atoms with Crippen molar-refractivity contribution in [1.29, 1.82) is 0 Å². The average molecular weight is 278 g/mol. The summed E-state index contributed by atoms with van der Waals surface area (Å²) in [6, 6.07) is 0. The van der Waals surface area contributed by atoms with Crippen LogP contribution in [0.5, 0.6) is 0 Å². The SMILES string of the molecule is CC(C)(C)C1=CC[C-]=C1.Cl.Cl.Cl.[Ti]. The maximum Gasteiger partial charge on any atom is 0 e. The zero-order valence-electron chi connectivity index (χ0n) is 8.09. The Hall–Kier alpha value is 1.06. The molecule has 0 aromatic rings. The smallest absolute Gasteiger partial charge is 0 e. The number of rotatable bonds is 0. The van der Waals surface area contributed by atoms with Gasteiger partial charge in [0.2, 0.25) is 0 Å². The zero-order valence-corrected chi connectivity index (χ0v) is 12.1. The molecule has 0 N–H and O–H groups in total. The molecule has 0 unspecified atom stereocenters. The summed E-state index contributed by atoms with van der Waals surface area (Å²) in [5, 5.41) is 0. The van der Waals surface area contributed by atoms with Gasteiger partial charge in [0, 0.05) is 21.7 Å². The second kappa shape index (κ2) is 9.61. The Labute approximate surface area is 115 Å². The molecule has 1 aliphatic rings. The fraction of sp³-hybridized carbons (Fsp3) is 0.556. The van der Waals surface area contributed by atoms with E-state index in [4.69, 9.17) is 0 Å². The standard InChI is InChI=1S/C9H13.3ClH.Ti/c1-9(2,3)8-6-4-5-7-8;;;;/h6-7H,4H2,1-3H3;3*1H;/q-1;;;;. The van der Waals surface area contributed by atoms with Crippen LogP contribution in [0.15, 0.2) is 17.7 Å². The molecule has 1 aliphatic carbocycles. The first-order chi connectivity index (χ1) is 4.11. The van der Waals surface area contributed by atoms with Crippen LogP contribution in [0.2, 0.25) is 0 Å². The van der Waals surface area contributed by atoms with E-state index in [0.717, 1.165) is 6.42 Å². The van der Waals surface area contributed by atoms with E-state index in [1.165, 1.54) is 5.57 Å². The van der Waals surface area contributed by atoms with E-state index in [-0.39, 0.29) is 58.9 Å².